The Morgan fingerprint density at radius 3 is 2.36 bits per heavy atom. The Morgan fingerprint density at radius 1 is 1.11 bits per heavy atom. The van der Waals surface area contributed by atoms with Crippen LogP contribution in [0.3, 0.4) is 0 Å². The highest BCUT2D eigenvalue weighted by molar-refractivity contribution is 7.54. The van der Waals surface area contributed by atoms with Crippen molar-refractivity contribution in [1.82, 2.24) is 0 Å². The van der Waals surface area contributed by atoms with Crippen molar-refractivity contribution in [1.29, 1.82) is 0 Å². The molecule has 1 fully saturated rings. The number of esters is 1. The Bertz CT molecular complexity index is 856. The van der Waals surface area contributed by atoms with Crippen molar-refractivity contribution in [2.45, 2.75) is 19.7 Å². The van der Waals surface area contributed by atoms with Crippen LogP contribution in [0.4, 0.5) is 0 Å². The highest BCUT2D eigenvalue weighted by Gasteiger charge is 2.46. The van der Waals surface area contributed by atoms with E-state index >= 15 is 0 Å². The van der Waals surface area contributed by atoms with Crippen molar-refractivity contribution in [3.63, 3.8) is 0 Å². The van der Waals surface area contributed by atoms with E-state index < -0.39 is 26.0 Å². The monoisotopic (exact) mass is 424 g/mol. The zero-order valence-electron chi connectivity index (χ0n) is 15.7. The lowest BCUT2D eigenvalue weighted by Crippen LogP contribution is -2.31. The summed E-state index contributed by atoms with van der Waals surface area (Å²) in [6, 6.07) is 15.5. The number of benzene rings is 2. The Hall–Kier alpha value is -1.85. The molecule has 8 heteroatoms. The van der Waals surface area contributed by atoms with Crippen molar-refractivity contribution >= 4 is 25.2 Å². The van der Waals surface area contributed by atoms with Crippen molar-refractivity contribution in [2.75, 3.05) is 19.8 Å². The van der Waals surface area contributed by atoms with Crippen LogP contribution < -0.4 is 4.74 Å². The molecule has 0 radical (unpaired) electrons. The third-order valence-electron chi connectivity index (χ3n) is 4.07. The summed E-state index contributed by atoms with van der Waals surface area (Å²) < 4.78 is 35.3. The number of carbonyl (C=O) groups excluding carboxylic acids is 1. The molecular formula is C20H22ClO6P. The standard InChI is InChI=1S/C20H22ClO6P/c1-20(2)13-25-28(23,26-14-20)19(15-8-4-3-5-9-15)27-18(22)12-24-17-11-7-6-10-16(17)21/h3-11,19H,12-14H2,1-2H3. The molecule has 0 aromatic heterocycles. The van der Waals surface area contributed by atoms with Crippen LogP contribution in [0.25, 0.3) is 0 Å². The Kier molecular flexibility index (Phi) is 6.46. The van der Waals surface area contributed by atoms with Crippen molar-refractivity contribution in [3.8, 4) is 5.75 Å². The molecule has 28 heavy (non-hydrogen) atoms. The molecule has 0 aliphatic carbocycles. The van der Waals surface area contributed by atoms with E-state index in [9.17, 15) is 9.36 Å². The van der Waals surface area contributed by atoms with Gasteiger partial charge in [-0.25, -0.2) is 4.79 Å². The SMILES string of the molecule is CC1(C)COP(=O)(C(OC(=O)COc2ccccc2Cl)c2ccccc2)OC1. The minimum Gasteiger partial charge on any atom is -0.480 e. The highest BCUT2D eigenvalue weighted by Crippen LogP contribution is 2.64. The normalized spacial score (nSPS) is 18.8. The fourth-order valence-electron chi connectivity index (χ4n) is 2.53. The maximum Gasteiger partial charge on any atom is 0.375 e. The molecule has 0 bridgehead atoms. The van der Waals surface area contributed by atoms with E-state index in [1.165, 1.54) is 0 Å². The van der Waals surface area contributed by atoms with E-state index in [0.29, 0.717) is 16.3 Å². The maximum absolute atomic E-state index is 13.3. The maximum atomic E-state index is 13.3. The molecule has 3 rings (SSSR count). The van der Waals surface area contributed by atoms with Crippen LogP contribution in [0.2, 0.25) is 5.02 Å². The van der Waals surface area contributed by atoms with Crippen molar-refractivity contribution < 1.29 is 27.9 Å². The third-order valence-corrected chi connectivity index (χ3v) is 6.34. The predicted octanol–water partition coefficient (Wildman–Crippen LogP) is 5.23. The Labute approximate surface area is 169 Å². The van der Waals surface area contributed by atoms with Gasteiger partial charge < -0.3 is 18.5 Å². The van der Waals surface area contributed by atoms with E-state index in [2.05, 4.69) is 0 Å². The quantitative estimate of drug-likeness (QED) is 0.467. The van der Waals surface area contributed by atoms with Gasteiger partial charge in [0.2, 0.25) is 5.85 Å². The summed E-state index contributed by atoms with van der Waals surface area (Å²) in [5, 5.41) is 0.379. The number of hydrogen-bond acceptors (Lipinski definition) is 6. The molecule has 2 aromatic carbocycles. The molecule has 1 unspecified atom stereocenters. The van der Waals surface area contributed by atoms with Gasteiger partial charge >= 0.3 is 13.6 Å². The van der Waals surface area contributed by atoms with E-state index in [1.807, 2.05) is 19.9 Å². The topological polar surface area (TPSA) is 71.1 Å². The van der Waals surface area contributed by atoms with Crippen LogP contribution in [0.5, 0.6) is 5.75 Å². The summed E-state index contributed by atoms with van der Waals surface area (Å²) in [4.78, 5) is 12.4. The molecule has 1 aliphatic heterocycles. The fraction of sp³-hybridized carbons (Fsp3) is 0.350. The molecule has 0 amide bonds. The van der Waals surface area contributed by atoms with E-state index in [0.717, 1.165) is 0 Å². The van der Waals surface area contributed by atoms with Crippen LogP contribution in [-0.4, -0.2) is 25.8 Å². The minimum absolute atomic E-state index is 0.237. The first-order valence-electron chi connectivity index (χ1n) is 8.80. The number of halogens is 1. The predicted molar refractivity (Wildman–Crippen MR) is 106 cm³/mol. The average Bonchev–Trinajstić information content (AvgIpc) is 2.69. The smallest absolute Gasteiger partial charge is 0.375 e. The molecule has 6 nitrogen and oxygen atoms in total. The first-order valence-corrected chi connectivity index (χ1v) is 10.8. The second kappa shape index (κ2) is 8.66. The molecule has 1 heterocycles. The van der Waals surface area contributed by atoms with E-state index in [4.69, 9.17) is 30.1 Å². The van der Waals surface area contributed by atoms with Crippen molar-refractivity contribution in [3.05, 3.63) is 65.2 Å². The van der Waals surface area contributed by atoms with Gasteiger partial charge in [-0.2, -0.15) is 0 Å². The molecule has 1 aliphatic rings. The molecule has 0 saturated carbocycles. The van der Waals surface area contributed by atoms with Gasteiger partial charge in [0.25, 0.3) is 0 Å². The third kappa shape index (κ3) is 5.15. The summed E-state index contributed by atoms with van der Waals surface area (Å²) in [6.45, 7) is 3.97. The molecular weight excluding hydrogens is 403 g/mol. The van der Waals surface area contributed by atoms with E-state index in [1.54, 1.807) is 48.5 Å². The van der Waals surface area contributed by atoms with Gasteiger partial charge in [-0.15, -0.1) is 0 Å². The average molecular weight is 425 g/mol. The van der Waals surface area contributed by atoms with Gasteiger partial charge in [-0.3, -0.25) is 4.57 Å². The summed E-state index contributed by atoms with van der Waals surface area (Å²) in [6.07, 6.45) is 0. The summed E-state index contributed by atoms with van der Waals surface area (Å²) in [5.41, 5.74) is 0.253. The number of hydrogen-bond donors (Lipinski definition) is 0. The lowest BCUT2D eigenvalue weighted by molar-refractivity contribution is -0.149. The summed E-state index contributed by atoms with van der Waals surface area (Å²) in [7, 11) is -3.71. The number of para-hydroxylation sites is 1. The largest absolute Gasteiger partial charge is 0.480 e. The molecule has 2 aromatic rings. The Balaban J connectivity index is 1.74. The van der Waals surface area contributed by atoms with Crippen molar-refractivity contribution in [2.24, 2.45) is 5.41 Å². The number of ether oxygens (including phenoxy) is 2. The zero-order chi connectivity index (χ0) is 20.2. The molecule has 1 saturated heterocycles. The van der Waals surface area contributed by atoms with Crippen LogP contribution in [0.15, 0.2) is 54.6 Å². The first kappa shape index (κ1) is 20.9. The van der Waals surface area contributed by atoms with Gasteiger partial charge in [0, 0.05) is 11.0 Å². The molecule has 1 atom stereocenters. The molecule has 0 spiro atoms. The fourth-order valence-corrected chi connectivity index (χ4v) is 4.91. The van der Waals surface area contributed by atoms with E-state index in [-0.39, 0.29) is 18.6 Å². The van der Waals surface area contributed by atoms with Gasteiger partial charge in [-0.05, 0) is 12.1 Å². The zero-order valence-corrected chi connectivity index (χ0v) is 17.3. The first-order chi connectivity index (χ1) is 13.3. The lowest BCUT2D eigenvalue weighted by atomic mass is 9.97. The van der Waals surface area contributed by atoms with Crippen LogP contribution in [0.1, 0.15) is 25.3 Å². The van der Waals surface area contributed by atoms with Gasteiger partial charge in [0.1, 0.15) is 5.75 Å². The second-order valence-corrected chi connectivity index (χ2v) is 9.70. The van der Waals surface area contributed by atoms with Gasteiger partial charge in [-0.1, -0.05) is 67.9 Å². The summed E-state index contributed by atoms with van der Waals surface area (Å²) >= 11 is 6.02. The minimum atomic E-state index is -3.71. The lowest BCUT2D eigenvalue weighted by Gasteiger charge is -2.36. The van der Waals surface area contributed by atoms with Crippen LogP contribution in [0, 0.1) is 5.41 Å². The van der Waals surface area contributed by atoms with Crippen LogP contribution in [-0.2, 0) is 23.1 Å². The number of carbonyl (C=O) groups is 1. The highest BCUT2D eigenvalue weighted by atomic mass is 35.5. The van der Waals surface area contributed by atoms with Gasteiger partial charge in [0.05, 0.1) is 18.2 Å². The number of rotatable bonds is 6. The van der Waals surface area contributed by atoms with Gasteiger partial charge in [0.15, 0.2) is 6.61 Å². The summed E-state index contributed by atoms with van der Waals surface area (Å²) in [5.74, 6) is -1.52. The molecule has 150 valence electrons. The second-order valence-electron chi connectivity index (χ2n) is 7.22. The molecule has 0 N–H and O–H groups in total. The Morgan fingerprint density at radius 2 is 1.71 bits per heavy atom. The van der Waals surface area contributed by atoms with Crippen LogP contribution >= 0.6 is 19.2 Å².